The summed E-state index contributed by atoms with van der Waals surface area (Å²) in [5.74, 6) is -2.95. The number of aromatic hydroxyl groups is 3. The third kappa shape index (κ3) is 8.46. The van der Waals surface area contributed by atoms with Crippen molar-refractivity contribution in [1.82, 2.24) is 15.5 Å². The summed E-state index contributed by atoms with van der Waals surface area (Å²) in [7, 11) is 1.27. The van der Waals surface area contributed by atoms with Crippen LogP contribution in [0.1, 0.15) is 47.3 Å². The highest BCUT2D eigenvalue weighted by atomic mass is 32.2. The van der Waals surface area contributed by atoms with Crippen LogP contribution in [-0.4, -0.2) is 68.8 Å². The van der Waals surface area contributed by atoms with E-state index in [1.165, 1.54) is 25.3 Å². The topological polar surface area (TPSA) is 189 Å². The molecule has 3 aromatic carbocycles. The Kier molecular flexibility index (Phi) is 11.7. The molecule has 4 rings (SSSR count). The van der Waals surface area contributed by atoms with Gasteiger partial charge in [-0.15, -0.1) is 10.2 Å². The quantitative estimate of drug-likeness (QED) is 0.0638. The lowest BCUT2D eigenvalue weighted by Crippen LogP contribution is -2.24. The van der Waals surface area contributed by atoms with Crippen molar-refractivity contribution in [3.05, 3.63) is 58.7 Å². The van der Waals surface area contributed by atoms with Crippen LogP contribution in [0.4, 0.5) is 5.69 Å². The number of amides is 2. The van der Waals surface area contributed by atoms with Crippen molar-refractivity contribution >= 4 is 46.6 Å². The first-order chi connectivity index (χ1) is 22.8. The molecule has 0 saturated heterocycles. The number of aryl methyl sites for hydroxylation is 3. The summed E-state index contributed by atoms with van der Waals surface area (Å²) in [5.41, 5.74) is 2.16. The summed E-state index contributed by atoms with van der Waals surface area (Å²) < 4.78 is 16.8. The van der Waals surface area contributed by atoms with Crippen molar-refractivity contribution < 1.29 is 43.9 Å². The number of ether oxygens (including phenoxy) is 3. The van der Waals surface area contributed by atoms with E-state index in [0.29, 0.717) is 28.6 Å². The number of anilines is 1. The van der Waals surface area contributed by atoms with Crippen LogP contribution >= 0.6 is 23.1 Å². The van der Waals surface area contributed by atoms with Crippen LogP contribution in [0, 0.1) is 20.8 Å². The fourth-order valence-electron chi connectivity index (χ4n) is 4.43. The summed E-state index contributed by atoms with van der Waals surface area (Å²) >= 11 is 2.09. The number of hydrogen-bond acceptors (Lipinski definition) is 13. The van der Waals surface area contributed by atoms with Gasteiger partial charge in [-0.25, -0.2) is 0 Å². The Morgan fingerprint density at radius 1 is 0.958 bits per heavy atom. The molecule has 1 heterocycles. The number of nitrogens with zero attached hydrogens (tertiary/aromatic N) is 2. The molecule has 0 aliphatic carbocycles. The van der Waals surface area contributed by atoms with E-state index in [2.05, 4.69) is 20.8 Å². The van der Waals surface area contributed by atoms with Crippen molar-refractivity contribution in [3.8, 4) is 45.1 Å². The molecule has 2 amide bonds. The number of phenolic OH excluding ortho intramolecular Hbond substituents is 3. The van der Waals surface area contributed by atoms with Gasteiger partial charge in [0.2, 0.25) is 5.75 Å². The molecule has 0 aliphatic rings. The van der Waals surface area contributed by atoms with Gasteiger partial charge in [-0.05, 0) is 63.4 Å². The third-order valence-electron chi connectivity index (χ3n) is 6.93. The average molecular weight is 697 g/mol. The summed E-state index contributed by atoms with van der Waals surface area (Å²) in [4.78, 5) is 38.1. The molecule has 1 aromatic heterocycles. The Balaban J connectivity index is 1.68. The molecule has 5 N–H and O–H groups in total. The number of thioether (sulfide) groups is 1. The number of hydrogen-bond donors (Lipinski definition) is 5. The summed E-state index contributed by atoms with van der Waals surface area (Å²) in [6, 6.07) is 9.49. The van der Waals surface area contributed by atoms with Crippen LogP contribution in [0.15, 0.2) is 40.7 Å². The summed E-state index contributed by atoms with van der Waals surface area (Å²) in [6.07, 6.45) is 0.628. The van der Waals surface area contributed by atoms with E-state index < -0.39 is 34.5 Å². The molecule has 13 nitrogen and oxygen atoms in total. The monoisotopic (exact) mass is 696 g/mol. The van der Waals surface area contributed by atoms with Gasteiger partial charge in [-0.1, -0.05) is 47.7 Å². The number of carbonyl (C=O) groups is 3. The highest BCUT2D eigenvalue weighted by Crippen LogP contribution is 2.49. The second-order valence-corrected chi connectivity index (χ2v) is 13.3. The zero-order chi connectivity index (χ0) is 35.1. The Bertz CT molecular complexity index is 1840. The summed E-state index contributed by atoms with van der Waals surface area (Å²) in [6.45, 7) is 8.90. The Morgan fingerprint density at radius 3 is 2.40 bits per heavy atom. The fraction of sp³-hybridized carbons (Fsp3) is 0.303. The molecule has 0 bridgehead atoms. The first-order valence-electron chi connectivity index (χ1n) is 14.8. The van der Waals surface area contributed by atoms with Gasteiger partial charge in [0.1, 0.15) is 16.7 Å². The molecule has 0 radical (unpaired) electrons. The molecule has 1 atom stereocenters. The minimum absolute atomic E-state index is 0.000989. The number of benzene rings is 3. The van der Waals surface area contributed by atoms with Gasteiger partial charge >= 0.3 is 5.97 Å². The van der Waals surface area contributed by atoms with E-state index in [1.807, 2.05) is 32.9 Å². The maximum absolute atomic E-state index is 13.3. The van der Waals surface area contributed by atoms with Crippen LogP contribution in [-0.2, 0) is 14.3 Å². The molecular formula is C33H36N4O9S2. The number of carbonyl (C=O) groups excluding carboxylic acids is 3. The molecule has 0 fully saturated rings. The average Bonchev–Trinajstić information content (AvgIpc) is 3.50. The van der Waals surface area contributed by atoms with Gasteiger partial charge < -0.3 is 40.2 Å². The van der Waals surface area contributed by atoms with Crippen molar-refractivity contribution in [2.75, 3.05) is 25.6 Å². The molecular weight excluding hydrogens is 661 g/mol. The second-order valence-electron chi connectivity index (χ2n) is 10.7. The lowest BCUT2D eigenvalue weighted by molar-refractivity contribution is -0.139. The number of methoxy groups -OCH3 is 1. The Hall–Kier alpha value is -5.02. The van der Waals surface area contributed by atoms with E-state index in [4.69, 9.17) is 14.2 Å². The van der Waals surface area contributed by atoms with Gasteiger partial charge in [0.15, 0.2) is 33.2 Å². The highest BCUT2D eigenvalue weighted by Gasteiger charge is 2.28. The van der Waals surface area contributed by atoms with Gasteiger partial charge in [0.05, 0.1) is 23.9 Å². The molecule has 0 saturated carbocycles. The van der Waals surface area contributed by atoms with Crippen molar-refractivity contribution in [3.63, 3.8) is 0 Å². The number of nitrogens with one attached hydrogen (secondary N) is 2. The van der Waals surface area contributed by atoms with Gasteiger partial charge in [-0.2, -0.15) is 0 Å². The molecule has 48 heavy (non-hydrogen) atoms. The van der Waals surface area contributed by atoms with E-state index in [1.54, 1.807) is 19.9 Å². The van der Waals surface area contributed by atoms with Crippen molar-refractivity contribution in [2.45, 2.75) is 50.6 Å². The van der Waals surface area contributed by atoms with Crippen molar-refractivity contribution in [1.29, 1.82) is 0 Å². The van der Waals surface area contributed by atoms with Crippen LogP contribution < -0.4 is 20.1 Å². The molecule has 0 spiro atoms. The predicted octanol–water partition coefficient (Wildman–Crippen LogP) is 5.85. The number of phenols is 3. The number of aromatic nitrogens is 2. The fourth-order valence-corrected chi connectivity index (χ4v) is 6.51. The first-order valence-corrected chi connectivity index (χ1v) is 16.5. The van der Waals surface area contributed by atoms with E-state index in [9.17, 15) is 29.7 Å². The van der Waals surface area contributed by atoms with Gasteiger partial charge in [0.25, 0.3) is 11.8 Å². The molecule has 4 aromatic rings. The summed E-state index contributed by atoms with van der Waals surface area (Å²) in [5, 5.41) is 45.8. The SMILES string of the molecule is CCCNC(=O)c1cc(Oc2cc(C)c(O)cc2NC(=O)COc2ccc(C)cc2C)c(O)c(O)c1-c1nnc(SC(C)C(=O)OC)s1. The van der Waals surface area contributed by atoms with Crippen LogP contribution in [0.25, 0.3) is 10.6 Å². The van der Waals surface area contributed by atoms with Gasteiger partial charge in [-0.3, -0.25) is 14.4 Å². The molecule has 15 heteroatoms. The smallest absolute Gasteiger partial charge is 0.318 e. The van der Waals surface area contributed by atoms with Crippen LogP contribution in [0.5, 0.6) is 34.5 Å². The van der Waals surface area contributed by atoms with E-state index >= 15 is 0 Å². The normalized spacial score (nSPS) is 11.5. The molecule has 1 unspecified atom stereocenters. The maximum Gasteiger partial charge on any atom is 0.318 e. The lowest BCUT2D eigenvalue weighted by atomic mass is 10.0. The minimum Gasteiger partial charge on any atom is -0.508 e. The Morgan fingerprint density at radius 2 is 1.71 bits per heavy atom. The lowest BCUT2D eigenvalue weighted by Gasteiger charge is -2.18. The largest absolute Gasteiger partial charge is 0.508 e. The maximum atomic E-state index is 13.3. The van der Waals surface area contributed by atoms with Crippen LogP contribution in [0.2, 0.25) is 0 Å². The molecule has 254 valence electrons. The highest BCUT2D eigenvalue weighted by molar-refractivity contribution is 8.02. The molecule has 0 aliphatic heterocycles. The van der Waals surface area contributed by atoms with Gasteiger partial charge in [0, 0.05) is 12.6 Å². The zero-order valence-corrected chi connectivity index (χ0v) is 28.8. The predicted molar refractivity (Wildman–Crippen MR) is 182 cm³/mol. The minimum atomic E-state index is -0.717. The second kappa shape index (κ2) is 15.7. The van der Waals surface area contributed by atoms with E-state index in [-0.39, 0.29) is 45.7 Å². The number of rotatable bonds is 13. The standard InChI is InChI=1S/C33H36N4O9S2/c1-7-10-34-30(42)20-13-25(28(40)29(41)27(20)31-36-37-33(48-31)47-19(5)32(43)44-6)46-24-12-17(3)22(38)14-21(24)35-26(39)15-45-23-9-8-16(2)11-18(23)4/h8-9,11-14,19,38,40-41H,7,10,15H2,1-6H3,(H,34,42)(H,35,39). The van der Waals surface area contributed by atoms with Crippen LogP contribution in [0.3, 0.4) is 0 Å². The zero-order valence-electron chi connectivity index (χ0n) is 27.2. The van der Waals surface area contributed by atoms with E-state index in [0.717, 1.165) is 34.2 Å². The number of esters is 1. The first kappa shape index (κ1) is 35.8. The van der Waals surface area contributed by atoms with Crippen molar-refractivity contribution in [2.24, 2.45) is 0 Å². The third-order valence-corrected chi connectivity index (χ3v) is 9.04. The Labute approximate surface area is 285 Å².